The molecule has 0 aliphatic heterocycles. The largest absolute Gasteiger partial charge is 0.298 e. The number of hydrogen-bond acceptors (Lipinski definition) is 1. The van der Waals surface area contributed by atoms with Crippen molar-refractivity contribution in [2.24, 2.45) is 0 Å². The highest BCUT2D eigenvalue weighted by atomic mass is 16.1. The maximum atomic E-state index is 10.9. The first kappa shape index (κ1) is 12.8. The van der Waals surface area contributed by atoms with E-state index in [4.69, 9.17) is 0 Å². The zero-order chi connectivity index (χ0) is 13.0. The van der Waals surface area contributed by atoms with Gasteiger partial charge in [0.15, 0.2) is 0 Å². The Kier molecular flexibility index (Phi) is 4.14. The van der Waals surface area contributed by atoms with E-state index in [0.29, 0.717) is 0 Å². The second kappa shape index (κ2) is 5.81. The van der Waals surface area contributed by atoms with Gasteiger partial charge in [-0.2, -0.15) is 0 Å². The lowest BCUT2D eigenvalue weighted by Crippen LogP contribution is -1.92. The molecule has 0 aromatic heterocycles. The van der Waals surface area contributed by atoms with Crippen LogP contribution in [0.4, 0.5) is 0 Å². The third-order valence-corrected chi connectivity index (χ3v) is 3.32. The van der Waals surface area contributed by atoms with Crippen molar-refractivity contribution >= 4 is 17.1 Å². The summed E-state index contributed by atoms with van der Waals surface area (Å²) in [5, 5.41) is 2.50. The summed E-state index contributed by atoms with van der Waals surface area (Å²) in [6.07, 6.45) is 5.44. The minimum atomic E-state index is 0.767. The number of rotatable bonds is 5. The van der Waals surface area contributed by atoms with Gasteiger partial charge in [-0.25, -0.2) is 0 Å². The van der Waals surface area contributed by atoms with Crippen LogP contribution in [0.15, 0.2) is 30.3 Å². The SMILES string of the molecule is CCCc1cc(CCC)c2cc(C=O)ccc2c1. The van der Waals surface area contributed by atoms with Gasteiger partial charge < -0.3 is 0 Å². The normalized spacial score (nSPS) is 10.8. The minimum absolute atomic E-state index is 0.767. The monoisotopic (exact) mass is 240 g/mol. The summed E-state index contributed by atoms with van der Waals surface area (Å²) in [5.74, 6) is 0. The first-order chi connectivity index (χ1) is 8.78. The van der Waals surface area contributed by atoms with Crippen molar-refractivity contribution in [1.29, 1.82) is 0 Å². The van der Waals surface area contributed by atoms with Crippen LogP contribution in [-0.2, 0) is 12.8 Å². The third kappa shape index (κ3) is 2.61. The van der Waals surface area contributed by atoms with E-state index < -0.39 is 0 Å². The molecule has 94 valence electrons. The van der Waals surface area contributed by atoms with Crippen LogP contribution in [0, 0.1) is 0 Å². The van der Waals surface area contributed by atoms with Crippen LogP contribution in [0.2, 0.25) is 0 Å². The lowest BCUT2D eigenvalue weighted by atomic mass is 9.95. The molecular formula is C17H20O. The lowest BCUT2D eigenvalue weighted by molar-refractivity contribution is 0.112. The summed E-state index contributed by atoms with van der Waals surface area (Å²) >= 11 is 0. The average Bonchev–Trinajstić information content (AvgIpc) is 2.39. The van der Waals surface area contributed by atoms with E-state index in [1.807, 2.05) is 12.1 Å². The lowest BCUT2D eigenvalue weighted by Gasteiger charge is -2.10. The maximum Gasteiger partial charge on any atom is 0.150 e. The van der Waals surface area contributed by atoms with E-state index >= 15 is 0 Å². The highest BCUT2D eigenvalue weighted by Crippen LogP contribution is 2.24. The minimum Gasteiger partial charge on any atom is -0.298 e. The molecule has 0 bridgehead atoms. The predicted octanol–water partition coefficient (Wildman–Crippen LogP) is 4.56. The summed E-state index contributed by atoms with van der Waals surface area (Å²) < 4.78 is 0. The molecule has 0 saturated carbocycles. The fourth-order valence-electron chi connectivity index (χ4n) is 2.50. The van der Waals surface area contributed by atoms with E-state index in [2.05, 4.69) is 32.0 Å². The number of fused-ring (bicyclic) bond motifs is 1. The van der Waals surface area contributed by atoms with Crippen LogP contribution in [-0.4, -0.2) is 6.29 Å². The van der Waals surface area contributed by atoms with Crippen molar-refractivity contribution in [3.8, 4) is 0 Å². The van der Waals surface area contributed by atoms with Gasteiger partial charge in [-0.05, 0) is 40.8 Å². The molecule has 1 heteroatoms. The quantitative estimate of drug-likeness (QED) is 0.700. The Bertz CT molecular complexity index is 555. The topological polar surface area (TPSA) is 17.1 Å². The summed E-state index contributed by atoms with van der Waals surface area (Å²) in [6.45, 7) is 4.40. The molecule has 1 nitrogen and oxygen atoms in total. The molecule has 0 unspecified atom stereocenters. The molecule has 0 N–H and O–H groups in total. The predicted molar refractivity (Wildman–Crippen MR) is 77.3 cm³/mol. The van der Waals surface area contributed by atoms with Crippen molar-refractivity contribution in [3.05, 3.63) is 47.0 Å². The van der Waals surface area contributed by atoms with E-state index in [0.717, 1.165) is 31.1 Å². The molecule has 0 radical (unpaired) electrons. The Morgan fingerprint density at radius 2 is 1.78 bits per heavy atom. The van der Waals surface area contributed by atoms with Crippen LogP contribution in [0.3, 0.4) is 0 Å². The Hall–Kier alpha value is -1.63. The first-order valence-electron chi connectivity index (χ1n) is 6.79. The Morgan fingerprint density at radius 3 is 2.44 bits per heavy atom. The highest BCUT2D eigenvalue weighted by molar-refractivity contribution is 5.91. The van der Waals surface area contributed by atoms with Crippen LogP contribution >= 0.6 is 0 Å². The average molecular weight is 240 g/mol. The number of hydrogen-bond donors (Lipinski definition) is 0. The van der Waals surface area contributed by atoms with Crippen molar-refractivity contribution in [3.63, 3.8) is 0 Å². The first-order valence-corrected chi connectivity index (χ1v) is 6.79. The van der Waals surface area contributed by atoms with E-state index in [-0.39, 0.29) is 0 Å². The summed E-state index contributed by atoms with van der Waals surface area (Å²) in [7, 11) is 0. The van der Waals surface area contributed by atoms with E-state index in [1.165, 1.54) is 28.3 Å². The molecule has 0 spiro atoms. The second-order valence-electron chi connectivity index (χ2n) is 4.85. The van der Waals surface area contributed by atoms with E-state index in [9.17, 15) is 4.79 Å². The molecule has 0 aliphatic carbocycles. The van der Waals surface area contributed by atoms with Gasteiger partial charge in [0.2, 0.25) is 0 Å². The molecule has 18 heavy (non-hydrogen) atoms. The zero-order valence-corrected chi connectivity index (χ0v) is 11.2. The molecule has 0 fully saturated rings. The van der Waals surface area contributed by atoms with Crippen molar-refractivity contribution in [1.82, 2.24) is 0 Å². The molecule has 0 atom stereocenters. The summed E-state index contributed by atoms with van der Waals surface area (Å²) in [5.41, 5.74) is 3.55. The van der Waals surface area contributed by atoms with Crippen LogP contribution in [0.25, 0.3) is 10.8 Å². The smallest absolute Gasteiger partial charge is 0.150 e. The molecule has 2 aromatic carbocycles. The van der Waals surface area contributed by atoms with Crippen LogP contribution < -0.4 is 0 Å². The molecule has 0 amide bonds. The van der Waals surface area contributed by atoms with Crippen molar-refractivity contribution < 1.29 is 4.79 Å². The van der Waals surface area contributed by atoms with Gasteiger partial charge in [0.05, 0.1) is 0 Å². The molecule has 0 aliphatic rings. The molecular weight excluding hydrogens is 220 g/mol. The molecule has 2 aromatic rings. The Morgan fingerprint density at radius 1 is 1.00 bits per heavy atom. The standard InChI is InChI=1S/C17H20O/c1-3-5-13-9-15(6-4-2)17-11-14(12-18)7-8-16(17)10-13/h7-12H,3-6H2,1-2H3. The number of aldehydes is 1. The maximum absolute atomic E-state index is 10.9. The second-order valence-corrected chi connectivity index (χ2v) is 4.85. The summed E-state index contributed by atoms with van der Waals surface area (Å²) in [6, 6.07) is 10.6. The van der Waals surface area contributed by atoms with Gasteiger partial charge in [0.1, 0.15) is 6.29 Å². The van der Waals surface area contributed by atoms with Crippen LogP contribution in [0.1, 0.15) is 48.2 Å². The third-order valence-electron chi connectivity index (χ3n) is 3.32. The van der Waals surface area contributed by atoms with Crippen molar-refractivity contribution in [2.75, 3.05) is 0 Å². The van der Waals surface area contributed by atoms with Gasteiger partial charge >= 0.3 is 0 Å². The zero-order valence-electron chi connectivity index (χ0n) is 11.2. The molecule has 0 saturated heterocycles. The van der Waals surface area contributed by atoms with Crippen LogP contribution in [0.5, 0.6) is 0 Å². The number of carbonyl (C=O) groups is 1. The van der Waals surface area contributed by atoms with Gasteiger partial charge in [-0.1, -0.05) is 51.0 Å². The van der Waals surface area contributed by atoms with Gasteiger partial charge in [0, 0.05) is 5.56 Å². The van der Waals surface area contributed by atoms with E-state index in [1.54, 1.807) is 0 Å². The summed E-state index contributed by atoms with van der Waals surface area (Å²) in [4.78, 5) is 10.9. The molecule has 2 rings (SSSR count). The number of carbonyl (C=O) groups excluding carboxylic acids is 1. The van der Waals surface area contributed by atoms with Crippen molar-refractivity contribution in [2.45, 2.75) is 39.5 Å². The number of aryl methyl sites for hydroxylation is 2. The van der Waals surface area contributed by atoms with Gasteiger partial charge in [0.25, 0.3) is 0 Å². The highest BCUT2D eigenvalue weighted by Gasteiger charge is 2.05. The molecule has 0 heterocycles. The Balaban J connectivity index is 2.60. The fourth-order valence-corrected chi connectivity index (χ4v) is 2.50. The Labute approximate surface area is 109 Å². The number of benzene rings is 2. The fraction of sp³-hybridized carbons (Fsp3) is 0.353. The van der Waals surface area contributed by atoms with Gasteiger partial charge in [-0.3, -0.25) is 4.79 Å². The van der Waals surface area contributed by atoms with Gasteiger partial charge in [-0.15, -0.1) is 0 Å².